The van der Waals surface area contributed by atoms with Crippen LogP contribution < -0.4 is 0 Å². The summed E-state index contributed by atoms with van der Waals surface area (Å²) in [7, 11) is 1.64. The number of rotatable bonds is 2. The fourth-order valence-electron chi connectivity index (χ4n) is 1.53. The number of nitrogens with zero attached hydrogens (tertiary/aromatic N) is 1. The Kier molecular flexibility index (Phi) is 2.04. The molecule has 2 rings (SSSR count). The van der Waals surface area contributed by atoms with E-state index in [9.17, 15) is 0 Å². The lowest BCUT2D eigenvalue weighted by Gasteiger charge is -2.08. The van der Waals surface area contributed by atoms with Gasteiger partial charge in [0.05, 0.1) is 12.1 Å². The van der Waals surface area contributed by atoms with Crippen molar-refractivity contribution in [3.8, 4) is 0 Å². The van der Waals surface area contributed by atoms with Gasteiger partial charge in [0.25, 0.3) is 0 Å². The lowest BCUT2D eigenvalue weighted by molar-refractivity contribution is -0.0728. The molecule has 68 valence electrons. The molecule has 3 nitrogen and oxygen atoms in total. The van der Waals surface area contributed by atoms with Crippen molar-refractivity contribution in [2.24, 2.45) is 0 Å². The van der Waals surface area contributed by atoms with Crippen LogP contribution in [0.4, 0.5) is 0 Å². The Morgan fingerprint density at radius 1 is 1.38 bits per heavy atom. The first-order valence-corrected chi connectivity index (χ1v) is 4.22. The van der Waals surface area contributed by atoms with Crippen molar-refractivity contribution in [1.29, 1.82) is 0 Å². The fourth-order valence-corrected chi connectivity index (χ4v) is 1.53. The normalized spacial score (nSPS) is 11.3. The molecule has 0 fully saturated rings. The van der Waals surface area contributed by atoms with Gasteiger partial charge in [-0.2, -0.15) is 5.06 Å². The fraction of sp³-hybridized carbons (Fsp3) is 0.200. The zero-order valence-electron chi connectivity index (χ0n) is 7.49. The Morgan fingerprint density at radius 2 is 2.23 bits per heavy atom. The first kappa shape index (κ1) is 8.29. The highest BCUT2D eigenvalue weighted by atomic mass is 16.5. The molecule has 1 heterocycles. The molecular formula is C10H12N2O. The molecule has 1 aromatic carbocycles. The van der Waals surface area contributed by atoms with Gasteiger partial charge >= 0.3 is 0 Å². The van der Waals surface area contributed by atoms with E-state index in [1.165, 1.54) is 10.4 Å². The summed E-state index contributed by atoms with van der Waals surface area (Å²) in [5, 5.41) is 11.5. The monoisotopic (exact) mass is 176 g/mol. The van der Waals surface area contributed by atoms with Crippen LogP contribution in [0.3, 0.4) is 0 Å². The predicted molar refractivity (Wildman–Crippen MR) is 51.6 cm³/mol. The van der Waals surface area contributed by atoms with Crippen molar-refractivity contribution >= 4 is 10.9 Å². The Morgan fingerprint density at radius 3 is 3.00 bits per heavy atom. The maximum absolute atomic E-state index is 9.12. The number of nitrogens with one attached hydrogen (secondary N) is 1. The standard InChI is InChI=1S/C10H12N2O/c1-12(13)7-9-4-2-3-8-5-6-11-10(8)9/h2-6,11,13H,7H2,1H3. The molecule has 2 N–H and O–H groups in total. The summed E-state index contributed by atoms with van der Waals surface area (Å²) in [6.45, 7) is 0.540. The lowest BCUT2D eigenvalue weighted by atomic mass is 10.1. The van der Waals surface area contributed by atoms with Crippen LogP contribution in [0.25, 0.3) is 10.9 Å². The number of para-hydroxylation sites is 1. The van der Waals surface area contributed by atoms with Gasteiger partial charge in [0.2, 0.25) is 0 Å². The van der Waals surface area contributed by atoms with E-state index in [0.717, 1.165) is 11.1 Å². The first-order chi connectivity index (χ1) is 6.27. The molecule has 0 aliphatic carbocycles. The van der Waals surface area contributed by atoms with Crippen LogP contribution in [0.1, 0.15) is 5.56 Å². The van der Waals surface area contributed by atoms with Gasteiger partial charge in [0, 0.05) is 13.2 Å². The molecule has 3 heteroatoms. The number of aromatic nitrogens is 1. The number of hydrogen-bond donors (Lipinski definition) is 2. The van der Waals surface area contributed by atoms with E-state index in [-0.39, 0.29) is 0 Å². The number of benzene rings is 1. The second kappa shape index (κ2) is 3.20. The molecule has 0 aliphatic rings. The summed E-state index contributed by atoms with van der Waals surface area (Å²) >= 11 is 0. The predicted octanol–water partition coefficient (Wildman–Crippen LogP) is 1.99. The molecule has 0 saturated carbocycles. The van der Waals surface area contributed by atoms with Crippen LogP contribution >= 0.6 is 0 Å². The molecule has 0 spiro atoms. The summed E-state index contributed by atoms with van der Waals surface area (Å²) in [6.07, 6.45) is 1.91. The van der Waals surface area contributed by atoms with E-state index in [0.29, 0.717) is 6.54 Å². The third-order valence-corrected chi connectivity index (χ3v) is 2.07. The Labute approximate surface area is 76.6 Å². The Hall–Kier alpha value is -1.32. The minimum Gasteiger partial charge on any atom is -0.361 e. The first-order valence-electron chi connectivity index (χ1n) is 4.22. The maximum Gasteiger partial charge on any atom is 0.0506 e. The van der Waals surface area contributed by atoms with E-state index >= 15 is 0 Å². The molecule has 0 saturated heterocycles. The molecule has 0 unspecified atom stereocenters. The molecule has 0 atom stereocenters. The van der Waals surface area contributed by atoms with Crippen LogP contribution in [0.2, 0.25) is 0 Å². The number of fused-ring (bicyclic) bond motifs is 1. The van der Waals surface area contributed by atoms with E-state index in [1.807, 2.05) is 30.5 Å². The van der Waals surface area contributed by atoms with Gasteiger partial charge in [0.15, 0.2) is 0 Å². The average molecular weight is 176 g/mol. The van der Waals surface area contributed by atoms with Gasteiger partial charge in [-0.15, -0.1) is 0 Å². The molecule has 0 bridgehead atoms. The minimum atomic E-state index is 0.540. The third kappa shape index (κ3) is 1.56. The highest BCUT2D eigenvalue weighted by molar-refractivity contribution is 5.82. The quantitative estimate of drug-likeness (QED) is 0.687. The summed E-state index contributed by atoms with van der Waals surface area (Å²) in [4.78, 5) is 3.16. The topological polar surface area (TPSA) is 39.3 Å². The Balaban J connectivity index is 2.48. The largest absolute Gasteiger partial charge is 0.361 e. The Bertz CT molecular complexity index is 406. The smallest absolute Gasteiger partial charge is 0.0506 e. The molecule has 1 aromatic heterocycles. The highest BCUT2D eigenvalue weighted by Crippen LogP contribution is 2.17. The van der Waals surface area contributed by atoms with E-state index in [4.69, 9.17) is 5.21 Å². The van der Waals surface area contributed by atoms with Gasteiger partial charge in [-0.25, -0.2) is 0 Å². The van der Waals surface area contributed by atoms with Gasteiger partial charge in [-0.1, -0.05) is 18.2 Å². The number of hydroxylamine groups is 2. The van der Waals surface area contributed by atoms with E-state index in [1.54, 1.807) is 7.05 Å². The third-order valence-electron chi connectivity index (χ3n) is 2.07. The van der Waals surface area contributed by atoms with E-state index in [2.05, 4.69) is 4.98 Å². The van der Waals surface area contributed by atoms with E-state index < -0.39 is 0 Å². The summed E-state index contributed by atoms with van der Waals surface area (Å²) < 4.78 is 0. The lowest BCUT2D eigenvalue weighted by Crippen LogP contribution is -2.11. The molecule has 0 aliphatic heterocycles. The van der Waals surface area contributed by atoms with Gasteiger partial charge in [-0.05, 0) is 17.0 Å². The van der Waals surface area contributed by atoms with Crippen molar-refractivity contribution in [3.05, 3.63) is 36.0 Å². The maximum atomic E-state index is 9.12. The van der Waals surface area contributed by atoms with Crippen molar-refractivity contribution < 1.29 is 5.21 Å². The number of hydrogen-bond acceptors (Lipinski definition) is 2. The van der Waals surface area contributed by atoms with Crippen LogP contribution in [-0.4, -0.2) is 22.3 Å². The highest BCUT2D eigenvalue weighted by Gasteiger charge is 2.02. The molecule has 0 amide bonds. The van der Waals surface area contributed by atoms with Crippen LogP contribution in [-0.2, 0) is 6.54 Å². The van der Waals surface area contributed by atoms with Crippen LogP contribution in [0, 0.1) is 0 Å². The second-order valence-electron chi connectivity index (χ2n) is 3.17. The van der Waals surface area contributed by atoms with Gasteiger partial charge < -0.3 is 10.2 Å². The molecule has 2 aromatic rings. The number of H-pyrrole nitrogens is 1. The SMILES string of the molecule is CN(O)Cc1cccc2cc[nH]c12. The zero-order valence-corrected chi connectivity index (χ0v) is 7.49. The van der Waals surface area contributed by atoms with Crippen molar-refractivity contribution in [3.63, 3.8) is 0 Å². The van der Waals surface area contributed by atoms with Crippen molar-refractivity contribution in [1.82, 2.24) is 10.0 Å². The average Bonchev–Trinajstić information content (AvgIpc) is 2.51. The van der Waals surface area contributed by atoms with Crippen molar-refractivity contribution in [2.45, 2.75) is 6.54 Å². The summed E-state index contributed by atoms with van der Waals surface area (Å²) in [5.41, 5.74) is 2.20. The minimum absolute atomic E-state index is 0.540. The molecule has 0 radical (unpaired) electrons. The van der Waals surface area contributed by atoms with Gasteiger partial charge in [-0.3, -0.25) is 0 Å². The van der Waals surface area contributed by atoms with Gasteiger partial charge in [0.1, 0.15) is 0 Å². The zero-order chi connectivity index (χ0) is 9.26. The summed E-state index contributed by atoms with van der Waals surface area (Å²) in [5.74, 6) is 0. The summed E-state index contributed by atoms with van der Waals surface area (Å²) in [6, 6.07) is 8.07. The molecular weight excluding hydrogens is 164 g/mol. The second-order valence-corrected chi connectivity index (χ2v) is 3.17. The number of aromatic amines is 1. The van der Waals surface area contributed by atoms with Crippen LogP contribution in [0.15, 0.2) is 30.5 Å². The molecule has 13 heavy (non-hydrogen) atoms. The van der Waals surface area contributed by atoms with Crippen molar-refractivity contribution in [2.75, 3.05) is 7.05 Å². The van der Waals surface area contributed by atoms with Crippen LogP contribution in [0.5, 0.6) is 0 Å².